The van der Waals surface area contributed by atoms with Crippen LogP contribution in [0.3, 0.4) is 0 Å². The van der Waals surface area contributed by atoms with Crippen molar-refractivity contribution in [1.29, 1.82) is 0 Å². The van der Waals surface area contributed by atoms with Crippen LogP contribution >= 0.6 is 0 Å². The fourth-order valence-corrected chi connectivity index (χ4v) is 4.09. The maximum Gasteiger partial charge on any atom is 0.416 e. The first-order valence-corrected chi connectivity index (χ1v) is 10.9. The summed E-state index contributed by atoms with van der Waals surface area (Å²) >= 11 is 0. The average molecular weight is 462 g/mol. The number of benzene rings is 1. The summed E-state index contributed by atoms with van der Waals surface area (Å²) < 4.78 is 21.1. The Balaban J connectivity index is 2.00. The van der Waals surface area contributed by atoms with E-state index >= 15 is 0 Å². The molecule has 1 unspecified atom stereocenters. The van der Waals surface area contributed by atoms with Crippen LogP contribution in [-0.4, -0.2) is 74.2 Å². The third-order valence-corrected chi connectivity index (χ3v) is 5.72. The second-order valence-corrected chi connectivity index (χ2v) is 7.76. The van der Waals surface area contributed by atoms with Gasteiger partial charge in [0.1, 0.15) is 6.61 Å². The Bertz CT molecular complexity index is 903. The second-order valence-electron chi connectivity index (χ2n) is 7.76. The highest BCUT2D eigenvalue weighted by molar-refractivity contribution is 6.05. The van der Waals surface area contributed by atoms with Crippen LogP contribution in [0.1, 0.15) is 42.5 Å². The number of amides is 2. The number of hydrogen-bond donors (Lipinski definition) is 1. The van der Waals surface area contributed by atoms with Crippen molar-refractivity contribution in [2.24, 2.45) is 0 Å². The van der Waals surface area contributed by atoms with Crippen molar-refractivity contribution in [2.75, 3.05) is 38.9 Å². The standard InChI is InChI=1S/C23H30N2O8/c1-4-11-33-23(29)25-17-14-19(32-12-7-9-20(26)31-3)18(30-2)13-15(17)21(27)24-10-6-5-8-16(24)22(25)28/h4,13-14,16,22,28H,1,5-12H2,2-3H3/t16-,22?/m0/s1. The summed E-state index contributed by atoms with van der Waals surface area (Å²) in [4.78, 5) is 40.4. The van der Waals surface area contributed by atoms with Crippen LogP contribution in [0.2, 0.25) is 0 Å². The van der Waals surface area contributed by atoms with Crippen LogP contribution in [-0.2, 0) is 14.3 Å². The summed E-state index contributed by atoms with van der Waals surface area (Å²) in [7, 11) is 2.76. The van der Waals surface area contributed by atoms with Crippen molar-refractivity contribution in [3.05, 3.63) is 30.4 Å². The van der Waals surface area contributed by atoms with E-state index in [-0.39, 0.29) is 48.5 Å². The zero-order valence-electron chi connectivity index (χ0n) is 19.0. The molecule has 0 aliphatic carbocycles. The Morgan fingerprint density at radius 3 is 2.73 bits per heavy atom. The number of piperidine rings is 1. The van der Waals surface area contributed by atoms with Crippen molar-refractivity contribution in [3.63, 3.8) is 0 Å². The molecule has 2 amide bonds. The van der Waals surface area contributed by atoms with Gasteiger partial charge in [0, 0.05) is 19.0 Å². The molecule has 0 aromatic heterocycles. The summed E-state index contributed by atoms with van der Waals surface area (Å²) in [5, 5.41) is 11.2. The maximum absolute atomic E-state index is 13.4. The summed E-state index contributed by atoms with van der Waals surface area (Å²) in [6.45, 7) is 4.15. The summed E-state index contributed by atoms with van der Waals surface area (Å²) in [5.74, 6) is -0.0932. The van der Waals surface area contributed by atoms with Crippen molar-refractivity contribution < 1.29 is 38.4 Å². The summed E-state index contributed by atoms with van der Waals surface area (Å²) in [5.41, 5.74) is 0.368. The number of nitrogens with zero attached hydrogens (tertiary/aromatic N) is 2. The van der Waals surface area contributed by atoms with Gasteiger partial charge < -0.3 is 29.0 Å². The highest BCUT2D eigenvalue weighted by Crippen LogP contribution is 2.41. The lowest BCUT2D eigenvalue weighted by atomic mass is 10.0. The van der Waals surface area contributed by atoms with Crippen molar-refractivity contribution in [1.82, 2.24) is 4.90 Å². The molecule has 1 fully saturated rings. The SMILES string of the molecule is C=CCOC(=O)N1c2cc(OCCCC(=O)OC)c(OC)cc2C(=O)N2CCCC[C@H]2C1O. The molecule has 33 heavy (non-hydrogen) atoms. The number of aliphatic hydroxyl groups excluding tert-OH is 1. The van der Waals surface area contributed by atoms with Crippen LogP contribution in [0.5, 0.6) is 11.5 Å². The first kappa shape index (κ1) is 24.4. The first-order valence-electron chi connectivity index (χ1n) is 10.9. The van der Waals surface area contributed by atoms with Gasteiger partial charge in [-0.25, -0.2) is 9.69 Å². The van der Waals surface area contributed by atoms with Crippen LogP contribution in [0, 0.1) is 0 Å². The third-order valence-electron chi connectivity index (χ3n) is 5.72. The molecule has 10 heteroatoms. The molecule has 2 heterocycles. The number of anilines is 1. The molecule has 1 N–H and O–H groups in total. The van der Waals surface area contributed by atoms with Crippen LogP contribution in [0.25, 0.3) is 0 Å². The molecule has 10 nitrogen and oxygen atoms in total. The minimum Gasteiger partial charge on any atom is -0.493 e. The van der Waals surface area contributed by atoms with Crippen molar-refractivity contribution >= 4 is 23.7 Å². The highest BCUT2D eigenvalue weighted by atomic mass is 16.6. The lowest BCUT2D eigenvalue weighted by Crippen LogP contribution is -2.55. The Morgan fingerprint density at radius 2 is 2.03 bits per heavy atom. The fraction of sp³-hybridized carbons (Fsp3) is 0.522. The van der Waals surface area contributed by atoms with Crippen molar-refractivity contribution in [2.45, 2.75) is 44.4 Å². The van der Waals surface area contributed by atoms with E-state index in [0.717, 1.165) is 17.7 Å². The predicted molar refractivity (Wildman–Crippen MR) is 118 cm³/mol. The Labute approximate surface area is 192 Å². The largest absolute Gasteiger partial charge is 0.493 e. The lowest BCUT2D eigenvalue weighted by Gasteiger charge is -2.38. The Hall–Kier alpha value is -3.27. The molecule has 3 rings (SSSR count). The normalized spacial score (nSPS) is 19.7. The van der Waals surface area contributed by atoms with Gasteiger partial charge in [-0.3, -0.25) is 9.59 Å². The van der Waals surface area contributed by atoms with Gasteiger partial charge in [-0.15, -0.1) is 0 Å². The topological polar surface area (TPSA) is 115 Å². The van der Waals surface area contributed by atoms with E-state index < -0.39 is 18.4 Å². The number of methoxy groups -OCH3 is 2. The molecule has 2 aliphatic heterocycles. The third kappa shape index (κ3) is 5.22. The fourth-order valence-electron chi connectivity index (χ4n) is 4.09. The van der Waals surface area contributed by atoms with Gasteiger partial charge in [0.15, 0.2) is 17.7 Å². The number of aliphatic hydroxyl groups is 1. The van der Waals surface area contributed by atoms with E-state index in [9.17, 15) is 19.5 Å². The van der Waals surface area contributed by atoms with Crippen LogP contribution in [0.15, 0.2) is 24.8 Å². The van der Waals surface area contributed by atoms with Crippen LogP contribution in [0.4, 0.5) is 10.5 Å². The van der Waals surface area contributed by atoms with E-state index in [0.29, 0.717) is 25.1 Å². The number of carbonyl (C=O) groups excluding carboxylic acids is 3. The van der Waals surface area contributed by atoms with Gasteiger partial charge in [-0.05, 0) is 31.7 Å². The number of fused-ring (bicyclic) bond motifs is 2. The van der Waals surface area contributed by atoms with E-state index in [2.05, 4.69) is 11.3 Å². The average Bonchev–Trinajstić information content (AvgIpc) is 2.92. The zero-order valence-corrected chi connectivity index (χ0v) is 19.0. The second kappa shape index (κ2) is 11.0. The predicted octanol–water partition coefficient (Wildman–Crippen LogP) is 2.48. The minimum atomic E-state index is -1.30. The molecular formula is C23H30N2O8. The molecule has 0 saturated carbocycles. The van der Waals surface area contributed by atoms with Gasteiger partial charge >= 0.3 is 12.1 Å². The maximum atomic E-state index is 13.4. The molecule has 1 aromatic rings. The quantitative estimate of drug-likeness (QED) is 0.356. The molecule has 2 atom stereocenters. The molecule has 1 aromatic carbocycles. The van der Waals surface area contributed by atoms with Crippen LogP contribution < -0.4 is 14.4 Å². The van der Waals surface area contributed by atoms with Gasteiger partial charge in [0.2, 0.25) is 0 Å². The number of carbonyl (C=O) groups is 3. The molecule has 0 spiro atoms. The summed E-state index contributed by atoms with van der Waals surface area (Å²) in [6.07, 6.45) is 2.09. The highest BCUT2D eigenvalue weighted by Gasteiger charge is 2.44. The smallest absolute Gasteiger partial charge is 0.416 e. The number of rotatable bonds is 8. The Kier molecular flexibility index (Phi) is 8.16. The number of ether oxygens (including phenoxy) is 4. The molecule has 1 saturated heterocycles. The van der Waals surface area contributed by atoms with Gasteiger partial charge in [-0.1, -0.05) is 12.7 Å². The molecule has 2 aliphatic rings. The van der Waals surface area contributed by atoms with E-state index in [1.165, 1.54) is 32.4 Å². The van der Waals surface area contributed by atoms with Crippen molar-refractivity contribution in [3.8, 4) is 11.5 Å². The van der Waals surface area contributed by atoms with E-state index in [4.69, 9.17) is 14.2 Å². The number of esters is 1. The zero-order chi connectivity index (χ0) is 24.0. The minimum absolute atomic E-state index is 0.0489. The Morgan fingerprint density at radius 1 is 1.24 bits per heavy atom. The van der Waals surface area contributed by atoms with E-state index in [1.54, 1.807) is 4.90 Å². The summed E-state index contributed by atoms with van der Waals surface area (Å²) in [6, 6.07) is 2.43. The molecule has 0 bridgehead atoms. The molecule has 180 valence electrons. The molecule has 0 radical (unpaired) electrons. The van der Waals surface area contributed by atoms with Gasteiger partial charge in [0.25, 0.3) is 5.91 Å². The van der Waals surface area contributed by atoms with E-state index in [1.807, 2.05) is 0 Å². The molecular weight excluding hydrogens is 432 g/mol. The monoisotopic (exact) mass is 462 g/mol. The number of hydrogen-bond acceptors (Lipinski definition) is 8. The first-order chi connectivity index (χ1) is 15.9. The lowest BCUT2D eigenvalue weighted by molar-refractivity contribution is -0.140. The van der Waals surface area contributed by atoms with Gasteiger partial charge in [0.05, 0.1) is 38.1 Å². The van der Waals surface area contributed by atoms with Gasteiger partial charge in [-0.2, -0.15) is 0 Å².